The van der Waals surface area contributed by atoms with Gasteiger partial charge in [-0.15, -0.1) is 11.3 Å². The molecule has 2 aromatic heterocycles. The standard InChI is InChI=1S/C14H12N2S/c15-14(13-6-3-9-17-13)11-7-8-16-12-5-2-1-4-10(11)12/h1-9,14H,15H2/t14-/m0/s1. The molecule has 84 valence electrons. The molecule has 0 aliphatic rings. The molecule has 1 aromatic carbocycles. The summed E-state index contributed by atoms with van der Waals surface area (Å²) >= 11 is 1.69. The third-order valence-corrected chi connectivity index (χ3v) is 3.82. The van der Waals surface area contributed by atoms with Crippen LogP contribution in [0.5, 0.6) is 0 Å². The first-order valence-corrected chi connectivity index (χ1v) is 6.37. The summed E-state index contributed by atoms with van der Waals surface area (Å²) < 4.78 is 0. The normalized spacial score (nSPS) is 12.8. The Hall–Kier alpha value is -1.71. The van der Waals surface area contributed by atoms with E-state index < -0.39 is 0 Å². The first kappa shape index (κ1) is 10.4. The molecule has 3 aromatic rings. The van der Waals surface area contributed by atoms with Gasteiger partial charge in [0, 0.05) is 16.5 Å². The van der Waals surface area contributed by atoms with Crippen molar-refractivity contribution in [1.82, 2.24) is 4.98 Å². The largest absolute Gasteiger partial charge is 0.320 e. The lowest BCUT2D eigenvalue weighted by molar-refractivity contribution is 0.901. The Kier molecular flexibility index (Phi) is 2.63. The summed E-state index contributed by atoms with van der Waals surface area (Å²) in [5.41, 5.74) is 8.44. The van der Waals surface area contributed by atoms with Crippen LogP contribution in [-0.4, -0.2) is 4.98 Å². The van der Waals surface area contributed by atoms with Gasteiger partial charge >= 0.3 is 0 Å². The molecular formula is C14H12N2S. The lowest BCUT2D eigenvalue weighted by Gasteiger charge is -2.12. The number of pyridine rings is 1. The van der Waals surface area contributed by atoms with Crippen LogP contribution in [0.15, 0.2) is 54.0 Å². The number of benzene rings is 1. The molecule has 2 N–H and O–H groups in total. The molecule has 0 radical (unpaired) electrons. The molecule has 0 fully saturated rings. The van der Waals surface area contributed by atoms with Crippen molar-refractivity contribution in [3.8, 4) is 0 Å². The minimum Gasteiger partial charge on any atom is -0.320 e. The minimum atomic E-state index is -0.0668. The van der Waals surface area contributed by atoms with Crippen molar-refractivity contribution in [2.45, 2.75) is 6.04 Å². The summed E-state index contributed by atoms with van der Waals surface area (Å²) in [5.74, 6) is 0. The minimum absolute atomic E-state index is 0.0668. The van der Waals surface area contributed by atoms with Gasteiger partial charge in [0.25, 0.3) is 0 Å². The van der Waals surface area contributed by atoms with Crippen LogP contribution in [0.1, 0.15) is 16.5 Å². The number of nitrogens with two attached hydrogens (primary N) is 1. The van der Waals surface area contributed by atoms with E-state index in [-0.39, 0.29) is 6.04 Å². The number of fused-ring (bicyclic) bond motifs is 1. The van der Waals surface area contributed by atoms with Crippen molar-refractivity contribution < 1.29 is 0 Å². The molecule has 0 bridgehead atoms. The molecule has 0 saturated carbocycles. The number of para-hydroxylation sites is 1. The summed E-state index contributed by atoms with van der Waals surface area (Å²) in [6, 6.07) is 14.2. The Balaban J connectivity index is 2.17. The second-order valence-corrected chi connectivity index (χ2v) is 4.89. The van der Waals surface area contributed by atoms with Crippen LogP contribution in [0, 0.1) is 0 Å². The summed E-state index contributed by atoms with van der Waals surface area (Å²) in [6.45, 7) is 0. The summed E-state index contributed by atoms with van der Waals surface area (Å²) in [4.78, 5) is 5.54. The van der Waals surface area contributed by atoms with Crippen LogP contribution < -0.4 is 5.73 Å². The van der Waals surface area contributed by atoms with Crippen LogP contribution in [-0.2, 0) is 0 Å². The van der Waals surface area contributed by atoms with Crippen molar-refractivity contribution >= 4 is 22.2 Å². The second-order valence-electron chi connectivity index (χ2n) is 3.91. The number of rotatable bonds is 2. The van der Waals surface area contributed by atoms with Crippen molar-refractivity contribution in [2.75, 3.05) is 0 Å². The monoisotopic (exact) mass is 240 g/mol. The fraction of sp³-hybridized carbons (Fsp3) is 0.0714. The van der Waals surface area contributed by atoms with E-state index in [1.165, 1.54) is 4.88 Å². The predicted molar refractivity (Wildman–Crippen MR) is 72.1 cm³/mol. The Morgan fingerprint density at radius 2 is 1.94 bits per heavy atom. The third kappa shape index (κ3) is 1.84. The molecule has 0 aliphatic heterocycles. The fourth-order valence-corrected chi connectivity index (χ4v) is 2.76. The lowest BCUT2D eigenvalue weighted by Crippen LogP contribution is -2.10. The quantitative estimate of drug-likeness (QED) is 0.746. The SMILES string of the molecule is N[C@H](c1cccs1)c1ccnc2ccccc12. The highest BCUT2D eigenvalue weighted by atomic mass is 32.1. The zero-order valence-corrected chi connectivity index (χ0v) is 10.0. The highest BCUT2D eigenvalue weighted by Crippen LogP contribution is 2.28. The van der Waals surface area contributed by atoms with Gasteiger partial charge in [-0.25, -0.2) is 0 Å². The van der Waals surface area contributed by atoms with E-state index >= 15 is 0 Å². The molecule has 1 atom stereocenters. The number of aromatic nitrogens is 1. The molecule has 2 nitrogen and oxygen atoms in total. The van der Waals surface area contributed by atoms with E-state index in [2.05, 4.69) is 22.5 Å². The third-order valence-electron chi connectivity index (χ3n) is 2.87. The number of hydrogen-bond acceptors (Lipinski definition) is 3. The van der Waals surface area contributed by atoms with E-state index in [4.69, 9.17) is 5.73 Å². The predicted octanol–water partition coefficient (Wildman–Crippen LogP) is 3.34. The topological polar surface area (TPSA) is 38.9 Å². The Labute approximate surface area is 104 Å². The molecule has 17 heavy (non-hydrogen) atoms. The molecular weight excluding hydrogens is 228 g/mol. The van der Waals surface area contributed by atoms with Crippen molar-refractivity contribution in [3.63, 3.8) is 0 Å². The molecule has 0 amide bonds. The number of nitrogens with zero attached hydrogens (tertiary/aromatic N) is 1. The van der Waals surface area contributed by atoms with E-state index in [1.807, 2.05) is 36.5 Å². The van der Waals surface area contributed by atoms with Crippen molar-refractivity contribution in [1.29, 1.82) is 0 Å². The summed E-state index contributed by atoms with van der Waals surface area (Å²) in [5, 5.41) is 3.19. The van der Waals surface area contributed by atoms with Gasteiger partial charge in [-0.3, -0.25) is 4.98 Å². The van der Waals surface area contributed by atoms with Gasteiger partial charge in [0.2, 0.25) is 0 Å². The first-order valence-electron chi connectivity index (χ1n) is 5.49. The van der Waals surface area contributed by atoms with Crippen LogP contribution in [0.3, 0.4) is 0 Å². The van der Waals surface area contributed by atoms with Gasteiger partial charge in [-0.1, -0.05) is 24.3 Å². The summed E-state index contributed by atoms with van der Waals surface area (Å²) in [7, 11) is 0. The molecule has 2 heterocycles. The number of thiophene rings is 1. The maximum absolute atomic E-state index is 6.31. The number of hydrogen-bond donors (Lipinski definition) is 1. The molecule has 0 unspecified atom stereocenters. The second kappa shape index (κ2) is 4.28. The highest BCUT2D eigenvalue weighted by molar-refractivity contribution is 7.10. The van der Waals surface area contributed by atoms with Crippen molar-refractivity contribution in [3.05, 3.63) is 64.5 Å². The molecule has 0 aliphatic carbocycles. The van der Waals surface area contributed by atoms with Gasteiger partial charge in [0.15, 0.2) is 0 Å². The average Bonchev–Trinajstić information content (AvgIpc) is 2.91. The van der Waals surface area contributed by atoms with Crippen molar-refractivity contribution in [2.24, 2.45) is 5.73 Å². The van der Waals surface area contributed by atoms with Gasteiger partial charge in [0.05, 0.1) is 11.6 Å². The fourth-order valence-electron chi connectivity index (χ4n) is 2.01. The van der Waals surface area contributed by atoms with Gasteiger partial charge in [0.1, 0.15) is 0 Å². The molecule has 3 heteroatoms. The average molecular weight is 240 g/mol. The molecule has 0 spiro atoms. The van der Waals surface area contributed by atoms with Crippen LogP contribution in [0.25, 0.3) is 10.9 Å². The first-order chi connectivity index (χ1) is 8.36. The molecule has 0 saturated heterocycles. The van der Waals surface area contributed by atoms with Crippen LogP contribution in [0.2, 0.25) is 0 Å². The van der Waals surface area contributed by atoms with Gasteiger partial charge < -0.3 is 5.73 Å². The van der Waals surface area contributed by atoms with Gasteiger partial charge in [-0.2, -0.15) is 0 Å². The Morgan fingerprint density at radius 1 is 1.06 bits per heavy atom. The van der Waals surface area contributed by atoms with Gasteiger partial charge in [-0.05, 0) is 29.1 Å². The Bertz CT molecular complexity index is 626. The zero-order valence-electron chi connectivity index (χ0n) is 9.21. The molecule has 3 rings (SSSR count). The maximum atomic E-state index is 6.31. The lowest BCUT2D eigenvalue weighted by atomic mass is 10.0. The van der Waals surface area contributed by atoms with E-state index in [9.17, 15) is 0 Å². The zero-order chi connectivity index (χ0) is 11.7. The maximum Gasteiger partial charge on any atom is 0.0705 e. The smallest absolute Gasteiger partial charge is 0.0705 e. The van der Waals surface area contributed by atoms with Crippen LogP contribution >= 0.6 is 11.3 Å². The van der Waals surface area contributed by atoms with E-state index in [0.717, 1.165) is 16.5 Å². The van der Waals surface area contributed by atoms with Crippen LogP contribution in [0.4, 0.5) is 0 Å². The van der Waals surface area contributed by atoms with E-state index in [0.29, 0.717) is 0 Å². The van der Waals surface area contributed by atoms with E-state index in [1.54, 1.807) is 11.3 Å². The highest BCUT2D eigenvalue weighted by Gasteiger charge is 2.12. The Morgan fingerprint density at radius 3 is 2.76 bits per heavy atom. The summed E-state index contributed by atoms with van der Waals surface area (Å²) in [6.07, 6.45) is 1.82.